The maximum Gasteiger partial charge on any atom is 0.325 e. The van der Waals surface area contributed by atoms with E-state index in [-0.39, 0.29) is 30.9 Å². The summed E-state index contributed by atoms with van der Waals surface area (Å²) in [6.07, 6.45) is 6.38. The monoisotopic (exact) mass is 581 g/mol. The Balaban J connectivity index is 1.39. The molecule has 4 heterocycles. The number of piperidine rings is 1. The van der Waals surface area contributed by atoms with Crippen molar-refractivity contribution in [1.29, 1.82) is 0 Å². The van der Waals surface area contributed by atoms with E-state index in [0.29, 0.717) is 31.1 Å². The molecule has 12 heteroatoms. The first-order chi connectivity index (χ1) is 16.4. The van der Waals surface area contributed by atoms with Crippen LogP contribution in [0.15, 0.2) is 24.7 Å². The number of aromatic amines is 1. The standard InChI is InChI=1S/C22H25FIN7O3/c1-2-34-18(32)11-29-22(33)31-5-3-4-13(12-31)7-25-21-17(23)10-28-20(30-21)16-9-27-19-15(16)6-14(24)8-26-19/h6,8-10,13H,2-5,7,11-12H2,1H3,(H,26,27)(H,29,33)(H,25,28,30)/t13-/m0/s1. The van der Waals surface area contributed by atoms with Gasteiger partial charge in [0.05, 0.1) is 12.8 Å². The minimum absolute atomic E-state index is 0.110. The van der Waals surface area contributed by atoms with Gasteiger partial charge in [-0.25, -0.2) is 24.1 Å². The van der Waals surface area contributed by atoms with Gasteiger partial charge in [-0.05, 0) is 54.3 Å². The summed E-state index contributed by atoms with van der Waals surface area (Å²) in [7, 11) is 0. The van der Waals surface area contributed by atoms with E-state index in [1.54, 1.807) is 24.2 Å². The van der Waals surface area contributed by atoms with Gasteiger partial charge in [0.15, 0.2) is 17.5 Å². The predicted molar refractivity (Wildman–Crippen MR) is 133 cm³/mol. The number of carbonyl (C=O) groups is 2. The molecule has 1 aliphatic heterocycles. The number of likely N-dealkylation sites (tertiary alicyclic amines) is 1. The van der Waals surface area contributed by atoms with E-state index in [0.717, 1.165) is 33.6 Å². The van der Waals surface area contributed by atoms with Crippen LogP contribution in [0.1, 0.15) is 19.8 Å². The van der Waals surface area contributed by atoms with E-state index in [2.05, 4.69) is 53.2 Å². The van der Waals surface area contributed by atoms with Gasteiger partial charge in [-0.15, -0.1) is 0 Å². The summed E-state index contributed by atoms with van der Waals surface area (Å²) in [6.45, 7) is 3.36. The molecule has 0 unspecified atom stereocenters. The summed E-state index contributed by atoms with van der Waals surface area (Å²) in [5.74, 6) is -0.402. The number of pyridine rings is 1. The molecule has 0 spiro atoms. The number of carbonyl (C=O) groups excluding carboxylic acids is 2. The smallest absolute Gasteiger partial charge is 0.325 e. The highest BCUT2D eigenvalue weighted by Gasteiger charge is 2.24. The molecule has 0 aliphatic carbocycles. The van der Waals surface area contributed by atoms with Crippen LogP contribution in [0.25, 0.3) is 22.4 Å². The topological polar surface area (TPSA) is 125 Å². The van der Waals surface area contributed by atoms with Gasteiger partial charge in [0.25, 0.3) is 0 Å². The average molecular weight is 581 g/mol. The van der Waals surface area contributed by atoms with Crippen molar-refractivity contribution >= 4 is 51.4 Å². The second-order valence-corrected chi connectivity index (χ2v) is 9.19. The van der Waals surface area contributed by atoms with Crippen LogP contribution in [0, 0.1) is 15.3 Å². The number of ether oxygens (including phenoxy) is 1. The van der Waals surface area contributed by atoms with Crippen LogP contribution in [0.2, 0.25) is 0 Å². The first-order valence-electron chi connectivity index (χ1n) is 11.0. The van der Waals surface area contributed by atoms with Crippen molar-refractivity contribution in [3.05, 3.63) is 34.0 Å². The largest absolute Gasteiger partial charge is 0.465 e. The average Bonchev–Trinajstić information content (AvgIpc) is 3.25. The zero-order chi connectivity index (χ0) is 24.1. The van der Waals surface area contributed by atoms with Crippen molar-refractivity contribution in [2.24, 2.45) is 5.92 Å². The number of anilines is 1. The fourth-order valence-electron chi connectivity index (χ4n) is 3.91. The number of nitrogens with one attached hydrogen (secondary N) is 3. The first kappa shape index (κ1) is 24.1. The number of hydrogen-bond acceptors (Lipinski definition) is 7. The molecule has 0 bridgehead atoms. The second-order valence-electron chi connectivity index (χ2n) is 7.94. The summed E-state index contributed by atoms with van der Waals surface area (Å²) in [4.78, 5) is 41.5. The molecule has 3 aromatic rings. The van der Waals surface area contributed by atoms with Crippen molar-refractivity contribution in [3.63, 3.8) is 0 Å². The van der Waals surface area contributed by atoms with Crippen LogP contribution in [-0.2, 0) is 9.53 Å². The van der Waals surface area contributed by atoms with Gasteiger partial charge in [0.2, 0.25) is 0 Å². The highest BCUT2D eigenvalue weighted by Crippen LogP contribution is 2.27. The van der Waals surface area contributed by atoms with Gasteiger partial charge in [-0.1, -0.05) is 0 Å². The van der Waals surface area contributed by atoms with Gasteiger partial charge in [0.1, 0.15) is 12.2 Å². The molecule has 1 atom stereocenters. The number of hydrogen-bond donors (Lipinski definition) is 3. The van der Waals surface area contributed by atoms with Crippen molar-refractivity contribution in [1.82, 2.24) is 30.2 Å². The third-order valence-corrected chi connectivity index (χ3v) is 6.13. The highest BCUT2D eigenvalue weighted by atomic mass is 127. The summed E-state index contributed by atoms with van der Waals surface area (Å²) < 4.78 is 20.3. The Morgan fingerprint density at radius 2 is 2.21 bits per heavy atom. The summed E-state index contributed by atoms with van der Waals surface area (Å²) in [6, 6.07) is 1.66. The SMILES string of the molecule is CCOC(=O)CNC(=O)N1CCC[C@@H](CNc2nc(-c3c[nH]c4ncc(I)cc34)ncc2F)C1. The van der Waals surface area contributed by atoms with Crippen LogP contribution in [0.3, 0.4) is 0 Å². The molecule has 1 saturated heterocycles. The van der Waals surface area contributed by atoms with Gasteiger partial charge < -0.3 is 25.3 Å². The highest BCUT2D eigenvalue weighted by molar-refractivity contribution is 14.1. The van der Waals surface area contributed by atoms with Crippen LogP contribution < -0.4 is 10.6 Å². The summed E-state index contributed by atoms with van der Waals surface area (Å²) in [5, 5.41) is 6.53. The molecule has 3 aromatic heterocycles. The Labute approximate surface area is 209 Å². The van der Waals surface area contributed by atoms with Crippen molar-refractivity contribution < 1.29 is 18.7 Å². The van der Waals surface area contributed by atoms with Gasteiger partial charge >= 0.3 is 12.0 Å². The van der Waals surface area contributed by atoms with Crippen LogP contribution in [0.4, 0.5) is 15.0 Å². The number of nitrogens with zero attached hydrogens (tertiary/aromatic N) is 4. The molecule has 0 radical (unpaired) electrons. The van der Waals surface area contributed by atoms with Crippen molar-refractivity contribution in [3.8, 4) is 11.4 Å². The Morgan fingerprint density at radius 3 is 3.03 bits per heavy atom. The zero-order valence-electron chi connectivity index (χ0n) is 18.6. The van der Waals surface area contributed by atoms with Gasteiger partial charge in [-0.2, -0.15) is 0 Å². The lowest BCUT2D eigenvalue weighted by Gasteiger charge is -2.32. The molecule has 0 aromatic carbocycles. The Hall–Kier alpha value is -3.03. The third kappa shape index (κ3) is 5.72. The molecule has 180 valence electrons. The number of H-pyrrole nitrogens is 1. The quantitative estimate of drug-likeness (QED) is 0.289. The molecule has 2 amide bonds. The maximum absolute atomic E-state index is 14.5. The van der Waals surface area contributed by atoms with Crippen molar-refractivity contribution in [2.45, 2.75) is 19.8 Å². The fourth-order valence-corrected chi connectivity index (χ4v) is 4.36. The molecular formula is C22H25FIN7O3. The number of urea groups is 1. The molecule has 0 saturated carbocycles. The van der Waals surface area contributed by atoms with E-state index in [9.17, 15) is 14.0 Å². The van der Waals surface area contributed by atoms with E-state index in [1.165, 1.54) is 0 Å². The van der Waals surface area contributed by atoms with Gasteiger partial charge in [-0.3, -0.25) is 4.79 Å². The summed E-state index contributed by atoms with van der Waals surface area (Å²) in [5.41, 5.74) is 1.45. The number of rotatable bonds is 7. The van der Waals surface area contributed by atoms with Crippen molar-refractivity contribution in [2.75, 3.05) is 38.1 Å². The Bertz CT molecular complexity index is 1190. The summed E-state index contributed by atoms with van der Waals surface area (Å²) >= 11 is 2.18. The van der Waals surface area contributed by atoms with E-state index >= 15 is 0 Å². The van der Waals surface area contributed by atoms with Crippen LogP contribution >= 0.6 is 22.6 Å². The minimum Gasteiger partial charge on any atom is -0.465 e. The molecule has 4 rings (SSSR count). The molecule has 1 fully saturated rings. The molecular weight excluding hydrogens is 556 g/mol. The van der Waals surface area contributed by atoms with E-state index in [1.807, 2.05) is 6.07 Å². The number of fused-ring (bicyclic) bond motifs is 1. The third-order valence-electron chi connectivity index (χ3n) is 5.54. The fraction of sp³-hybridized carbons (Fsp3) is 0.409. The Morgan fingerprint density at radius 1 is 1.35 bits per heavy atom. The van der Waals surface area contributed by atoms with E-state index in [4.69, 9.17) is 4.74 Å². The normalized spacial score (nSPS) is 15.9. The Kier molecular flexibility index (Phi) is 7.75. The number of amides is 2. The molecule has 3 N–H and O–H groups in total. The predicted octanol–water partition coefficient (Wildman–Crippen LogP) is 3.16. The molecule has 34 heavy (non-hydrogen) atoms. The lowest BCUT2D eigenvalue weighted by Crippen LogP contribution is -2.48. The van der Waals surface area contributed by atoms with Crippen LogP contribution in [0.5, 0.6) is 0 Å². The van der Waals surface area contributed by atoms with Gasteiger partial charge in [0, 0.05) is 46.5 Å². The minimum atomic E-state index is -0.545. The lowest BCUT2D eigenvalue weighted by atomic mass is 9.98. The zero-order valence-corrected chi connectivity index (χ0v) is 20.8. The molecule has 10 nitrogen and oxygen atoms in total. The number of aromatic nitrogens is 4. The number of halogens is 2. The first-order valence-corrected chi connectivity index (χ1v) is 12.1. The number of esters is 1. The lowest BCUT2D eigenvalue weighted by molar-refractivity contribution is -0.141. The second kappa shape index (κ2) is 10.9. The molecule has 1 aliphatic rings. The van der Waals surface area contributed by atoms with E-state index < -0.39 is 11.8 Å². The van der Waals surface area contributed by atoms with Crippen LogP contribution in [-0.4, -0.2) is 69.6 Å². The maximum atomic E-state index is 14.5.